The van der Waals surface area contributed by atoms with Crippen LogP contribution in [0.4, 0.5) is 26.3 Å². The predicted octanol–water partition coefficient (Wildman–Crippen LogP) is 18.5. The summed E-state index contributed by atoms with van der Waals surface area (Å²) < 4.78 is 109. The minimum Gasteiger partial charge on any atom is -0.487 e. The van der Waals surface area contributed by atoms with Crippen LogP contribution in [0.25, 0.3) is 53.6 Å². The van der Waals surface area contributed by atoms with E-state index < -0.39 is 40.0 Å². The van der Waals surface area contributed by atoms with Gasteiger partial charge in [-0.3, -0.25) is 0 Å². The van der Waals surface area contributed by atoms with E-state index in [1.807, 2.05) is 42.5 Å². The number of methoxy groups -OCH3 is 2. The molecule has 4 atom stereocenters. The van der Waals surface area contributed by atoms with Crippen molar-refractivity contribution in [3.8, 4) is 54.7 Å². The molecule has 5 aliphatic rings. The van der Waals surface area contributed by atoms with Crippen LogP contribution in [0, 0.1) is 49.4 Å². The lowest BCUT2D eigenvalue weighted by molar-refractivity contribution is -0.254. The molecule has 4 fully saturated rings. The highest BCUT2D eigenvalue weighted by Crippen LogP contribution is 2.69. The summed E-state index contributed by atoms with van der Waals surface area (Å²) in [4.78, 5) is 0.912. The molecule has 0 N–H and O–H groups in total. The number of alkyl halides is 6. The number of benzene rings is 7. The Morgan fingerprint density at radius 3 is 1.23 bits per heavy atom. The molecule has 0 aliphatic heterocycles. The maximum Gasteiger partial charge on any atom is 0.380 e. The van der Waals surface area contributed by atoms with Crippen molar-refractivity contribution in [1.82, 2.24) is 0 Å². The van der Waals surface area contributed by atoms with Crippen LogP contribution >= 0.6 is 22.7 Å². The molecule has 394 valence electrons. The van der Waals surface area contributed by atoms with Crippen molar-refractivity contribution < 1.29 is 35.8 Å². The van der Waals surface area contributed by atoms with Crippen LogP contribution in [0.15, 0.2) is 158 Å². The van der Waals surface area contributed by atoms with Crippen LogP contribution in [-0.2, 0) is 10.8 Å². The minimum absolute atomic E-state index is 0.0161. The van der Waals surface area contributed by atoms with E-state index in [9.17, 15) is 0 Å². The van der Waals surface area contributed by atoms with Crippen molar-refractivity contribution in [3.05, 3.63) is 213 Å². The zero-order valence-corrected chi connectivity index (χ0v) is 45.4. The molecule has 14 rings (SSSR count). The number of rotatable bonds is 8. The van der Waals surface area contributed by atoms with Crippen LogP contribution in [0.5, 0.6) is 10.1 Å². The van der Waals surface area contributed by atoms with Gasteiger partial charge < -0.3 is 9.47 Å². The van der Waals surface area contributed by atoms with Crippen LogP contribution < -0.4 is 9.47 Å². The summed E-state index contributed by atoms with van der Waals surface area (Å²) in [6.07, 6.45) is 6.55. The van der Waals surface area contributed by atoms with Gasteiger partial charge in [0.2, 0.25) is 0 Å². The summed E-state index contributed by atoms with van der Waals surface area (Å²) in [6, 6.07) is 52.6. The van der Waals surface area contributed by atoms with Crippen molar-refractivity contribution in [3.63, 3.8) is 0 Å². The largest absolute Gasteiger partial charge is 0.487 e. The molecule has 0 radical (unpaired) electrons. The third-order valence-corrected chi connectivity index (χ3v) is 20.1. The quantitative estimate of drug-likeness (QED) is 0.0858. The van der Waals surface area contributed by atoms with Gasteiger partial charge in [0, 0.05) is 54.3 Å². The topological polar surface area (TPSA) is 18.5 Å². The highest BCUT2D eigenvalue weighted by atomic mass is 32.1. The normalized spacial score (nSPS) is 22.2. The second kappa shape index (κ2) is 18.8. The number of hydrogen-bond acceptors (Lipinski definition) is 4. The molecule has 0 saturated heterocycles. The molecule has 0 amide bonds. The van der Waals surface area contributed by atoms with E-state index in [1.54, 1.807) is 30.3 Å². The number of allylic oxidation sites excluding steroid dienone is 2. The molecular formula is C69H52F6O2S2. The first-order chi connectivity index (χ1) is 38.1. The summed E-state index contributed by atoms with van der Waals surface area (Å²) in [5, 5.41) is 3.94. The third kappa shape index (κ3) is 7.91. The summed E-state index contributed by atoms with van der Waals surface area (Å²) in [7, 11) is 2.46. The van der Waals surface area contributed by atoms with Gasteiger partial charge in [-0.15, -0.1) is 0 Å². The van der Waals surface area contributed by atoms with Gasteiger partial charge in [0.15, 0.2) is 10.1 Å². The fourth-order valence-electron chi connectivity index (χ4n) is 14.4. The SMILES string of the molecule is COc1sc(-c2ccccc2)c(C)c1C1=C(c2c(OC)sc(-c3ccc(C45C[C@@H]6C[C@@H](CC(c7ccc(C#Cc8c9ccccc9c(C#Cc9ccccc9)c9ccccc89)cc7)(C6)C4)C5)cc3)c2C)C(F)(F)C(F)(F)C1(F)F. The average molecular weight is 1090 g/mol. The first-order valence-corrected chi connectivity index (χ1v) is 28.2. The summed E-state index contributed by atoms with van der Waals surface area (Å²) in [6.45, 7) is 2.99. The van der Waals surface area contributed by atoms with Crippen molar-refractivity contribution in [2.45, 2.75) is 81.0 Å². The van der Waals surface area contributed by atoms with E-state index in [0.29, 0.717) is 32.7 Å². The maximum atomic E-state index is 16.6. The molecule has 2 aromatic heterocycles. The number of hydrogen-bond donors (Lipinski definition) is 0. The lowest BCUT2D eigenvalue weighted by atomic mass is 9.41. The third-order valence-electron chi connectivity index (χ3n) is 17.5. The van der Waals surface area contributed by atoms with Crippen molar-refractivity contribution >= 4 is 55.4 Å². The van der Waals surface area contributed by atoms with Gasteiger partial charge in [0.1, 0.15) is 0 Å². The molecule has 9 aromatic rings. The van der Waals surface area contributed by atoms with Crippen LogP contribution in [0.3, 0.4) is 0 Å². The number of ether oxygens (including phenoxy) is 2. The Hall–Kier alpha value is -7.50. The summed E-state index contributed by atoms with van der Waals surface area (Å²) in [5.41, 5.74) is 4.00. The van der Waals surface area contributed by atoms with E-state index in [1.165, 1.54) is 45.6 Å². The molecule has 10 heteroatoms. The van der Waals surface area contributed by atoms with Gasteiger partial charge in [0.25, 0.3) is 0 Å². The number of halogens is 6. The molecule has 0 spiro atoms. The number of thiophene rings is 2. The van der Waals surface area contributed by atoms with Crippen molar-refractivity contribution in [1.29, 1.82) is 0 Å². The van der Waals surface area contributed by atoms with Crippen LogP contribution in [0.2, 0.25) is 0 Å². The number of fused-ring (bicyclic) bond motifs is 2. The monoisotopic (exact) mass is 1090 g/mol. The van der Waals surface area contributed by atoms with E-state index in [4.69, 9.17) is 9.47 Å². The van der Waals surface area contributed by atoms with Gasteiger partial charge in [-0.2, -0.15) is 26.3 Å². The van der Waals surface area contributed by atoms with Crippen molar-refractivity contribution in [2.75, 3.05) is 14.2 Å². The Morgan fingerprint density at radius 2 is 0.810 bits per heavy atom. The first kappa shape index (κ1) is 51.0. The molecular weight excluding hydrogens is 1040 g/mol. The van der Waals surface area contributed by atoms with E-state index >= 15 is 26.3 Å². The van der Waals surface area contributed by atoms with Crippen LogP contribution in [0.1, 0.15) is 94.2 Å². The molecule has 2 unspecified atom stereocenters. The standard InChI is InChI=1S/C69H52F6O2S2/c1-41-57(63(76-3)78-61(41)47-17-9-6-10-18-47)59-60(68(72,73)69(74,75)67(59,70)71)58-42(2)62(79-64(58)77-4)48-27-31-50(32-28-48)66-38-45-35-46(39-66)37-65(36-45,40-66)49-29-23-44(24-30-49)26-34-56-53-21-13-11-19-51(53)55(52-20-12-14-22-54(52)56)33-25-43-15-7-5-8-16-43/h5-24,27-32,45-46H,35-40H2,1-4H3/t45-,46+,65?,66?. The Kier molecular flexibility index (Phi) is 12.1. The summed E-state index contributed by atoms with van der Waals surface area (Å²) in [5.74, 6) is -1.20. The second-order valence-electron chi connectivity index (χ2n) is 22.1. The van der Waals surface area contributed by atoms with Gasteiger partial charge in [-0.05, 0) is 154 Å². The van der Waals surface area contributed by atoms with Gasteiger partial charge >= 0.3 is 17.8 Å². The van der Waals surface area contributed by atoms with Gasteiger partial charge in [-0.25, -0.2) is 0 Å². The molecule has 7 aromatic carbocycles. The highest BCUT2D eigenvalue weighted by Gasteiger charge is 2.81. The van der Waals surface area contributed by atoms with E-state index in [-0.39, 0.29) is 32.1 Å². The first-order valence-electron chi connectivity index (χ1n) is 26.6. The lowest BCUT2D eigenvalue weighted by Gasteiger charge is -2.63. The predicted molar refractivity (Wildman–Crippen MR) is 308 cm³/mol. The molecule has 79 heavy (non-hydrogen) atoms. The Labute approximate surface area is 463 Å². The fourth-order valence-corrected chi connectivity index (χ4v) is 16.6. The molecule has 4 bridgehead atoms. The Balaban J connectivity index is 0.822. The maximum absolute atomic E-state index is 16.6. The van der Waals surface area contributed by atoms with E-state index in [2.05, 4.69) is 109 Å². The Morgan fingerprint density at radius 1 is 0.443 bits per heavy atom. The lowest BCUT2D eigenvalue weighted by Crippen LogP contribution is -2.55. The highest BCUT2D eigenvalue weighted by molar-refractivity contribution is 7.18. The molecule has 5 aliphatic carbocycles. The zero-order valence-electron chi connectivity index (χ0n) is 43.8. The Bertz CT molecular complexity index is 4000. The van der Waals surface area contributed by atoms with Crippen molar-refractivity contribution in [2.24, 2.45) is 11.8 Å². The van der Waals surface area contributed by atoms with E-state index in [0.717, 1.165) is 98.6 Å². The fraction of sp³-hybridized carbons (Fsp3) is 0.246. The second-order valence-corrected chi connectivity index (χ2v) is 24.0. The molecule has 4 saturated carbocycles. The molecule has 2 nitrogen and oxygen atoms in total. The van der Waals surface area contributed by atoms with Gasteiger partial charge in [0.05, 0.1) is 14.2 Å². The molecule has 2 heterocycles. The summed E-state index contributed by atoms with van der Waals surface area (Å²) >= 11 is 1.93. The zero-order chi connectivity index (χ0) is 54.6. The average Bonchev–Trinajstić information content (AvgIpc) is 3.79. The van der Waals surface area contributed by atoms with Gasteiger partial charge in [-0.1, -0.05) is 180 Å². The van der Waals surface area contributed by atoms with Crippen LogP contribution in [-0.4, -0.2) is 32.0 Å². The minimum atomic E-state index is -5.76. The smallest absolute Gasteiger partial charge is 0.380 e.